The summed E-state index contributed by atoms with van der Waals surface area (Å²) in [5, 5.41) is 0. The Labute approximate surface area is 114 Å². The molecule has 96 valence electrons. The van der Waals surface area contributed by atoms with Crippen molar-refractivity contribution in [3.63, 3.8) is 0 Å². The molecule has 0 aliphatic carbocycles. The number of aryl methyl sites for hydroxylation is 1. The number of nitrogens with zero attached hydrogens (tertiary/aromatic N) is 1. The largest absolute Gasteiger partial charge is 0.489 e. The monoisotopic (exact) mass is 251 g/mol. The van der Waals surface area contributed by atoms with Crippen LogP contribution >= 0.6 is 0 Å². The van der Waals surface area contributed by atoms with E-state index in [-0.39, 0.29) is 6.04 Å². The van der Waals surface area contributed by atoms with Crippen molar-refractivity contribution in [1.29, 1.82) is 0 Å². The molecule has 0 spiro atoms. The van der Waals surface area contributed by atoms with Gasteiger partial charge in [0.2, 0.25) is 6.04 Å². The third-order valence-corrected chi connectivity index (χ3v) is 3.11. The van der Waals surface area contributed by atoms with Crippen molar-refractivity contribution >= 4 is 0 Å². The van der Waals surface area contributed by atoms with E-state index in [1.807, 2.05) is 62.4 Å². The molecule has 1 unspecified atom stereocenters. The zero-order chi connectivity index (χ0) is 13.7. The van der Waals surface area contributed by atoms with E-state index in [4.69, 9.17) is 11.3 Å². The van der Waals surface area contributed by atoms with Gasteiger partial charge in [-0.05, 0) is 36.2 Å². The van der Waals surface area contributed by atoms with Gasteiger partial charge in [-0.2, -0.15) is 0 Å². The first-order chi connectivity index (χ1) is 9.20. The van der Waals surface area contributed by atoms with Crippen LogP contribution < -0.4 is 4.74 Å². The Balaban J connectivity index is 2.08. The van der Waals surface area contributed by atoms with Crippen LogP contribution in [0.3, 0.4) is 0 Å². The zero-order valence-corrected chi connectivity index (χ0v) is 11.3. The van der Waals surface area contributed by atoms with Gasteiger partial charge in [0.25, 0.3) is 0 Å². The van der Waals surface area contributed by atoms with Crippen molar-refractivity contribution < 1.29 is 4.74 Å². The molecule has 0 heterocycles. The normalized spacial score (nSPS) is 11.6. The molecular weight excluding hydrogens is 234 g/mol. The topological polar surface area (TPSA) is 13.6 Å². The molecule has 0 aromatic heterocycles. The van der Waals surface area contributed by atoms with Crippen LogP contribution in [0.15, 0.2) is 48.5 Å². The molecule has 0 saturated carbocycles. The molecule has 2 aromatic carbocycles. The number of ether oxygens (including phenoxy) is 1. The van der Waals surface area contributed by atoms with Gasteiger partial charge in [-0.3, -0.25) is 0 Å². The van der Waals surface area contributed by atoms with Gasteiger partial charge in [0.05, 0.1) is 0 Å². The average Bonchev–Trinajstić information content (AvgIpc) is 2.46. The van der Waals surface area contributed by atoms with E-state index in [1.165, 1.54) is 0 Å². The lowest BCUT2D eigenvalue weighted by molar-refractivity contribution is 0.304. The van der Waals surface area contributed by atoms with Crippen LogP contribution in [0.5, 0.6) is 5.75 Å². The van der Waals surface area contributed by atoms with Gasteiger partial charge in [-0.1, -0.05) is 30.3 Å². The molecule has 0 bridgehead atoms. The minimum Gasteiger partial charge on any atom is -0.489 e. The predicted octanol–water partition coefficient (Wildman–Crippen LogP) is 4.55. The fraction of sp³-hybridized carbons (Fsp3) is 0.235. The lowest BCUT2D eigenvalue weighted by Gasteiger charge is -2.10. The molecule has 0 saturated heterocycles. The number of benzene rings is 2. The Morgan fingerprint density at radius 3 is 2.53 bits per heavy atom. The molecule has 0 amide bonds. The number of hydrogen-bond acceptors (Lipinski definition) is 1. The molecule has 0 aliphatic heterocycles. The fourth-order valence-electron chi connectivity index (χ4n) is 1.90. The second-order valence-electron chi connectivity index (χ2n) is 4.60. The maximum atomic E-state index is 7.06. The van der Waals surface area contributed by atoms with Crippen LogP contribution in [0.4, 0.5) is 0 Å². The summed E-state index contributed by atoms with van der Waals surface area (Å²) < 4.78 is 5.81. The molecule has 2 rings (SSSR count). The summed E-state index contributed by atoms with van der Waals surface area (Å²) in [6, 6.07) is 16.0. The van der Waals surface area contributed by atoms with Crippen molar-refractivity contribution in [1.82, 2.24) is 0 Å². The maximum absolute atomic E-state index is 7.06. The van der Waals surface area contributed by atoms with Gasteiger partial charge < -0.3 is 9.58 Å². The van der Waals surface area contributed by atoms with Crippen LogP contribution in [-0.2, 0) is 6.61 Å². The van der Waals surface area contributed by atoms with Gasteiger partial charge in [0.15, 0.2) is 0 Å². The van der Waals surface area contributed by atoms with Crippen molar-refractivity contribution in [2.24, 2.45) is 0 Å². The van der Waals surface area contributed by atoms with Crippen LogP contribution in [0.2, 0.25) is 0 Å². The SMILES string of the molecule is [C-]#[N+]C(C)c1ccc(OCc2ccccc2)c(C)c1. The quantitative estimate of drug-likeness (QED) is 0.726. The van der Waals surface area contributed by atoms with Crippen molar-refractivity contribution in [2.75, 3.05) is 0 Å². The van der Waals surface area contributed by atoms with E-state index in [2.05, 4.69) is 4.85 Å². The Morgan fingerprint density at radius 2 is 1.89 bits per heavy atom. The summed E-state index contributed by atoms with van der Waals surface area (Å²) in [5.41, 5.74) is 3.27. The van der Waals surface area contributed by atoms with E-state index in [0.29, 0.717) is 6.61 Å². The maximum Gasteiger partial charge on any atom is 0.245 e. The van der Waals surface area contributed by atoms with E-state index in [1.54, 1.807) is 0 Å². The minimum atomic E-state index is -0.0955. The molecular formula is C17H17NO. The summed E-state index contributed by atoms with van der Waals surface area (Å²) in [6.07, 6.45) is 0. The molecule has 0 radical (unpaired) electrons. The Hall–Kier alpha value is -2.27. The van der Waals surface area contributed by atoms with Gasteiger partial charge in [0, 0.05) is 12.5 Å². The smallest absolute Gasteiger partial charge is 0.245 e. The van der Waals surface area contributed by atoms with E-state index in [9.17, 15) is 0 Å². The Kier molecular flexibility index (Phi) is 4.20. The highest BCUT2D eigenvalue weighted by Gasteiger charge is 2.10. The van der Waals surface area contributed by atoms with Crippen LogP contribution in [0, 0.1) is 13.5 Å². The highest BCUT2D eigenvalue weighted by molar-refractivity contribution is 5.38. The first-order valence-corrected chi connectivity index (χ1v) is 6.34. The third-order valence-electron chi connectivity index (χ3n) is 3.11. The third kappa shape index (κ3) is 3.35. The summed E-state index contributed by atoms with van der Waals surface area (Å²) in [7, 11) is 0. The fourth-order valence-corrected chi connectivity index (χ4v) is 1.90. The van der Waals surface area contributed by atoms with Crippen molar-refractivity contribution in [2.45, 2.75) is 26.5 Å². The van der Waals surface area contributed by atoms with Crippen molar-refractivity contribution in [3.8, 4) is 5.75 Å². The van der Waals surface area contributed by atoms with E-state index in [0.717, 1.165) is 22.4 Å². The minimum absolute atomic E-state index is 0.0955. The first-order valence-electron chi connectivity index (χ1n) is 6.34. The van der Waals surface area contributed by atoms with E-state index >= 15 is 0 Å². The molecule has 2 nitrogen and oxygen atoms in total. The number of rotatable bonds is 4. The molecule has 19 heavy (non-hydrogen) atoms. The standard InChI is InChI=1S/C17H17NO/c1-13-11-16(14(2)18-3)9-10-17(13)19-12-15-7-5-4-6-8-15/h4-11,14H,12H2,1-2H3. The molecule has 0 fully saturated rings. The Bertz CT molecular complexity index is 584. The molecule has 0 aliphatic rings. The zero-order valence-electron chi connectivity index (χ0n) is 11.3. The van der Waals surface area contributed by atoms with Crippen LogP contribution in [0.25, 0.3) is 4.85 Å². The molecule has 2 heteroatoms. The van der Waals surface area contributed by atoms with Crippen LogP contribution in [0.1, 0.15) is 29.7 Å². The molecule has 2 aromatic rings. The second kappa shape index (κ2) is 6.06. The van der Waals surface area contributed by atoms with Gasteiger partial charge >= 0.3 is 0 Å². The van der Waals surface area contributed by atoms with Gasteiger partial charge in [-0.15, -0.1) is 0 Å². The summed E-state index contributed by atoms with van der Waals surface area (Å²) in [4.78, 5) is 3.53. The molecule has 0 N–H and O–H groups in total. The summed E-state index contributed by atoms with van der Waals surface area (Å²) >= 11 is 0. The predicted molar refractivity (Wildman–Crippen MR) is 77.0 cm³/mol. The van der Waals surface area contributed by atoms with Crippen molar-refractivity contribution in [3.05, 3.63) is 76.6 Å². The summed E-state index contributed by atoms with van der Waals surface area (Å²) in [6.45, 7) is 11.5. The van der Waals surface area contributed by atoms with Gasteiger partial charge in [-0.25, -0.2) is 6.57 Å². The lowest BCUT2D eigenvalue weighted by Crippen LogP contribution is -1.98. The number of hydrogen-bond donors (Lipinski definition) is 0. The highest BCUT2D eigenvalue weighted by atomic mass is 16.5. The lowest BCUT2D eigenvalue weighted by atomic mass is 10.1. The molecule has 1 atom stereocenters. The Morgan fingerprint density at radius 1 is 1.16 bits per heavy atom. The van der Waals surface area contributed by atoms with Crippen LogP contribution in [-0.4, -0.2) is 0 Å². The van der Waals surface area contributed by atoms with Gasteiger partial charge in [0.1, 0.15) is 12.4 Å². The average molecular weight is 251 g/mol. The second-order valence-corrected chi connectivity index (χ2v) is 4.60. The summed E-state index contributed by atoms with van der Waals surface area (Å²) in [5.74, 6) is 0.879. The highest BCUT2D eigenvalue weighted by Crippen LogP contribution is 2.25. The van der Waals surface area contributed by atoms with E-state index < -0.39 is 0 Å². The first kappa shape index (κ1) is 13.2.